The van der Waals surface area contributed by atoms with E-state index in [1.165, 1.54) is 16.8 Å². The Morgan fingerprint density at radius 3 is 2.33 bits per heavy atom. The van der Waals surface area contributed by atoms with Gasteiger partial charge in [-0.3, -0.25) is 4.79 Å². The summed E-state index contributed by atoms with van der Waals surface area (Å²) >= 11 is 0. The third kappa shape index (κ3) is 2.54. The molecule has 0 bridgehead atoms. The molecule has 1 heterocycles. The fourth-order valence-corrected chi connectivity index (χ4v) is 2.85. The third-order valence-corrected chi connectivity index (χ3v) is 3.96. The van der Waals surface area contributed by atoms with E-state index in [0.29, 0.717) is 5.76 Å². The van der Waals surface area contributed by atoms with Crippen LogP contribution in [0, 0.1) is 0 Å². The summed E-state index contributed by atoms with van der Waals surface area (Å²) in [6.07, 6.45) is 0. The van der Waals surface area contributed by atoms with E-state index in [9.17, 15) is 4.79 Å². The molecule has 4 aromatic rings. The van der Waals surface area contributed by atoms with Crippen molar-refractivity contribution in [3.8, 4) is 22.5 Å². The molecule has 1 aromatic heterocycles. The summed E-state index contributed by atoms with van der Waals surface area (Å²) in [6, 6.07) is 23.6. The topological polar surface area (TPSA) is 69.1 Å². The van der Waals surface area contributed by atoms with Gasteiger partial charge in [-0.1, -0.05) is 66.7 Å². The Bertz CT molecular complexity index is 1080. The zero-order valence-corrected chi connectivity index (χ0v) is 12.8. The molecule has 116 valence electrons. The first-order chi connectivity index (χ1) is 11.7. The van der Waals surface area contributed by atoms with Crippen LogP contribution in [0.25, 0.3) is 33.2 Å². The Morgan fingerprint density at radius 2 is 1.54 bits per heavy atom. The summed E-state index contributed by atoms with van der Waals surface area (Å²) in [5.41, 5.74) is 8.13. The maximum absolute atomic E-state index is 11.5. The normalized spacial score (nSPS) is 10.8. The van der Waals surface area contributed by atoms with Gasteiger partial charge in [0.15, 0.2) is 0 Å². The molecule has 4 heteroatoms. The van der Waals surface area contributed by atoms with Crippen molar-refractivity contribution in [2.75, 3.05) is 5.73 Å². The van der Waals surface area contributed by atoms with E-state index in [4.69, 9.17) is 10.2 Å². The van der Waals surface area contributed by atoms with Crippen molar-refractivity contribution in [2.45, 2.75) is 0 Å². The molecule has 0 amide bonds. The second-order valence-corrected chi connectivity index (χ2v) is 5.50. The van der Waals surface area contributed by atoms with Crippen LogP contribution in [0.2, 0.25) is 0 Å². The van der Waals surface area contributed by atoms with Gasteiger partial charge in [-0.05, 0) is 21.9 Å². The number of nitrogens with two attached hydrogens (primary N) is 1. The number of nitrogens with zero attached hydrogens (tertiary/aromatic N) is 1. The lowest BCUT2D eigenvalue weighted by atomic mass is 9.97. The van der Waals surface area contributed by atoms with Crippen molar-refractivity contribution in [2.24, 2.45) is 0 Å². The van der Waals surface area contributed by atoms with E-state index in [2.05, 4.69) is 29.2 Å². The third-order valence-electron chi connectivity index (χ3n) is 3.96. The molecule has 0 aliphatic carbocycles. The van der Waals surface area contributed by atoms with Gasteiger partial charge >= 0.3 is 0 Å². The Kier molecular flexibility index (Phi) is 3.35. The molecule has 0 spiro atoms. The lowest BCUT2D eigenvalue weighted by molar-refractivity contribution is 0.564. The zero-order chi connectivity index (χ0) is 16.5. The Labute approximate surface area is 138 Å². The highest BCUT2D eigenvalue weighted by atomic mass is 16.4. The van der Waals surface area contributed by atoms with Gasteiger partial charge in [0.1, 0.15) is 5.76 Å². The van der Waals surface area contributed by atoms with Crippen molar-refractivity contribution >= 4 is 16.8 Å². The summed E-state index contributed by atoms with van der Waals surface area (Å²) in [5, 5.41) is 2.40. The van der Waals surface area contributed by atoms with E-state index in [-0.39, 0.29) is 6.01 Å². The minimum atomic E-state index is -0.410. The van der Waals surface area contributed by atoms with E-state index >= 15 is 0 Å². The van der Waals surface area contributed by atoms with E-state index < -0.39 is 5.56 Å². The highest BCUT2D eigenvalue weighted by Gasteiger charge is 2.07. The molecule has 24 heavy (non-hydrogen) atoms. The van der Waals surface area contributed by atoms with Crippen LogP contribution in [-0.4, -0.2) is 4.98 Å². The molecule has 0 saturated carbocycles. The molecule has 0 radical (unpaired) electrons. The standard InChI is InChI=1S/C20H14N2O2/c21-20-22-19(23)12-18(24-20)15-10-8-14(9-11-15)17-7-3-5-13-4-1-2-6-16(13)17/h1-12H,(H2,21,22,23). The molecule has 0 fully saturated rings. The predicted molar refractivity (Wildman–Crippen MR) is 95.6 cm³/mol. The summed E-state index contributed by atoms with van der Waals surface area (Å²) in [4.78, 5) is 15.0. The van der Waals surface area contributed by atoms with Crippen LogP contribution in [0.1, 0.15) is 0 Å². The number of hydrogen-bond acceptors (Lipinski definition) is 4. The summed E-state index contributed by atoms with van der Waals surface area (Å²) in [7, 11) is 0. The number of anilines is 1. The smallest absolute Gasteiger partial charge is 0.295 e. The van der Waals surface area contributed by atoms with Gasteiger partial charge in [-0.2, -0.15) is 4.98 Å². The molecule has 2 N–H and O–H groups in total. The van der Waals surface area contributed by atoms with Crippen molar-refractivity contribution in [1.29, 1.82) is 0 Å². The van der Waals surface area contributed by atoms with Crippen molar-refractivity contribution in [1.82, 2.24) is 4.98 Å². The molecule has 0 atom stereocenters. The number of rotatable bonds is 2. The average molecular weight is 314 g/mol. The van der Waals surface area contributed by atoms with Gasteiger partial charge in [0.25, 0.3) is 11.6 Å². The van der Waals surface area contributed by atoms with Crippen LogP contribution in [-0.2, 0) is 0 Å². The van der Waals surface area contributed by atoms with Crippen molar-refractivity contribution in [3.05, 3.63) is 83.2 Å². The monoisotopic (exact) mass is 314 g/mol. The highest BCUT2D eigenvalue weighted by Crippen LogP contribution is 2.30. The van der Waals surface area contributed by atoms with E-state index in [0.717, 1.165) is 16.7 Å². The lowest BCUT2D eigenvalue weighted by Crippen LogP contribution is -2.07. The van der Waals surface area contributed by atoms with Crippen LogP contribution in [0.15, 0.2) is 82.0 Å². The first-order valence-electron chi connectivity index (χ1n) is 7.57. The van der Waals surface area contributed by atoms with Crippen LogP contribution in [0.4, 0.5) is 6.01 Å². The molecule has 4 nitrogen and oxygen atoms in total. The number of nitrogen functional groups attached to an aromatic ring is 1. The van der Waals surface area contributed by atoms with Crippen LogP contribution in [0.3, 0.4) is 0 Å². The maximum Gasteiger partial charge on any atom is 0.295 e. The summed E-state index contributed by atoms with van der Waals surface area (Å²) in [6.45, 7) is 0. The molecule has 3 aromatic carbocycles. The summed E-state index contributed by atoms with van der Waals surface area (Å²) < 4.78 is 5.33. The number of aromatic nitrogens is 1. The molecule has 0 aliphatic rings. The van der Waals surface area contributed by atoms with E-state index in [1.54, 1.807) is 0 Å². The van der Waals surface area contributed by atoms with Gasteiger partial charge in [0, 0.05) is 11.6 Å². The predicted octanol–water partition coefficient (Wildman–Crippen LogP) is 4.10. The zero-order valence-electron chi connectivity index (χ0n) is 12.8. The lowest BCUT2D eigenvalue weighted by Gasteiger charge is -2.08. The number of fused-ring (bicyclic) bond motifs is 1. The van der Waals surface area contributed by atoms with Crippen LogP contribution >= 0.6 is 0 Å². The minimum Gasteiger partial charge on any atom is -0.425 e. The molecule has 0 saturated heterocycles. The Morgan fingerprint density at radius 1 is 0.833 bits per heavy atom. The first-order valence-corrected chi connectivity index (χ1v) is 7.57. The molecular weight excluding hydrogens is 300 g/mol. The van der Waals surface area contributed by atoms with Gasteiger partial charge < -0.3 is 10.2 Å². The average Bonchev–Trinajstić information content (AvgIpc) is 2.60. The SMILES string of the molecule is Nc1nc(=O)cc(-c2ccc(-c3cccc4ccccc34)cc2)o1. The van der Waals surface area contributed by atoms with Gasteiger partial charge in [0.05, 0.1) is 0 Å². The first kappa shape index (κ1) is 14.2. The Hall–Kier alpha value is -3.40. The molecule has 0 aliphatic heterocycles. The fraction of sp³-hybridized carbons (Fsp3) is 0. The maximum atomic E-state index is 11.5. The number of benzene rings is 3. The largest absolute Gasteiger partial charge is 0.425 e. The van der Waals surface area contributed by atoms with Gasteiger partial charge in [-0.15, -0.1) is 0 Å². The van der Waals surface area contributed by atoms with Crippen LogP contribution in [0.5, 0.6) is 0 Å². The quantitative estimate of drug-likeness (QED) is 0.604. The summed E-state index contributed by atoms with van der Waals surface area (Å²) in [5.74, 6) is 0.414. The van der Waals surface area contributed by atoms with Crippen molar-refractivity contribution in [3.63, 3.8) is 0 Å². The molecule has 4 rings (SSSR count). The highest BCUT2D eigenvalue weighted by molar-refractivity contribution is 5.96. The second kappa shape index (κ2) is 5.66. The van der Waals surface area contributed by atoms with Gasteiger partial charge in [-0.25, -0.2) is 0 Å². The Balaban J connectivity index is 1.80. The number of hydrogen-bond donors (Lipinski definition) is 1. The van der Waals surface area contributed by atoms with E-state index in [1.807, 2.05) is 42.5 Å². The minimum absolute atomic E-state index is 0.129. The second-order valence-electron chi connectivity index (χ2n) is 5.50. The fourth-order valence-electron chi connectivity index (χ4n) is 2.85. The van der Waals surface area contributed by atoms with Crippen molar-refractivity contribution < 1.29 is 4.42 Å². The molecular formula is C20H14N2O2. The molecule has 0 unspecified atom stereocenters. The van der Waals surface area contributed by atoms with Gasteiger partial charge in [0.2, 0.25) is 0 Å². The van der Waals surface area contributed by atoms with Crippen LogP contribution < -0.4 is 11.3 Å².